The van der Waals surface area contributed by atoms with Gasteiger partial charge in [0.25, 0.3) is 0 Å². The van der Waals surface area contributed by atoms with Gasteiger partial charge in [0.1, 0.15) is 0 Å². The number of nitrogens with one attached hydrogen (secondary N) is 1. The highest BCUT2D eigenvalue weighted by atomic mass is 35.5. The van der Waals surface area contributed by atoms with Gasteiger partial charge in [0.05, 0.1) is 6.10 Å². The second-order valence-electron chi connectivity index (χ2n) is 4.31. The highest BCUT2D eigenvalue weighted by Crippen LogP contribution is 2.38. The fourth-order valence-electron chi connectivity index (χ4n) is 2.25. The highest BCUT2D eigenvalue weighted by molar-refractivity contribution is 6.35. The molecule has 1 aromatic carbocycles. The Hall–Kier alpha value is -0.280. The van der Waals surface area contributed by atoms with E-state index in [1.54, 1.807) is 6.07 Å². The third-order valence-corrected chi connectivity index (χ3v) is 3.70. The summed E-state index contributed by atoms with van der Waals surface area (Å²) in [4.78, 5) is 0. The summed E-state index contributed by atoms with van der Waals surface area (Å²) >= 11 is 12.1. The monoisotopic (exact) mass is 273 g/mol. The molecule has 0 aromatic heterocycles. The Bertz CT molecular complexity index is 384. The van der Waals surface area contributed by atoms with Crippen LogP contribution in [0.25, 0.3) is 0 Å². The van der Waals surface area contributed by atoms with Gasteiger partial charge in [-0.2, -0.15) is 0 Å². The smallest absolute Gasteiger partial charge is 0.0880 e. The SMILES string of the molecule is CCNCC1CCOC1c1ccc(Cl)cc1Cl. The molecule has 0 saturated carbocycles. The normalized spacial score (nSPS) is 24.2. The minimum Gasteiger partial charge on any atom is -0.373 e. The minimum atomic E-state index is 0.0961. The molecule has 1 heterocycles. The lowest BCUT2D eigenvalue weighted by Crippen LogP contribution is -2.24. The van der Waals surface area contributed by atoms with Crippen LogP contribution in [0.4, 0.5) is 0 Å². The van der Waals surface area contributed by atoms with Gasteiger partial charge < -0.3 is 10.1 Å². The molecule has 1 saturated heterocycles. The van der Waals surface area contributed by atoms with E-state index in [1.165, 1.54) is 0 Å². The molecule has 1 aromatic rings. The maximum Gasteiger partial charge on any atom is 0.0880 e. The fourth-order valence-corrected chi connectivity index (χ4v) is 2.76. The predicted molar refractivity (Wildman–Crippen MR) is 71.8 cm³/mol. The summed E-state index contributed by atoms with van der Waals surface area (Å²) in [6, 6.07) is 5.62. The Morgan fingerprint density at radius 2 is 2.24 bits per heavy atom. The number of benzene rings is 1. The number of halogens is 2. The zero-order chi connectivity index (χ0) is 12.3. The molecule has 0 amide bonds. The summed E-state index contributed by atoms with van der Waals surface area (Å²) in [6.07, 6.45) is 1.18. The Labute approximate surface area is 112 Å². The van der Waals surface area contributed by atoms with Gasteiger partial charge in [-0.25, -0.2) is 0 Å². The summed E-state index contributed by atoms with van der Waals surface area (Å²) in [7, 11) is 0. The van der Waals surface area contributed by atoms with E-state index in [4.69, 9.17) is 27.9 Å². The molecule has 0 radical (unpaired) electrons. The maximum atomic E-state index is 6.22. The number of hydrogen-bond acceptors (Lipinski definition) is 2. The lowest BCUT2D eigenvalue weighted by atomic mass is 9.95. The van der Waals surface area contributed by atoms with E-state index in [9.17, 15) is 0 Å². The molecule has 0 aliphatic carbocycles. The molecule has 1 N–H and O–H groups in total. The van der Waals surface area contributed by atoms with Gasteiger partial charge >= 0.3 is 0 Å². The summed E-state index contributed by atoms with van der Waals surface area (Å²) in [5.41, 5.74) is 1.05. The molecule has 1 fully saturated rings. The number of ether oxygens (including phenoxy) is 1. The van der Waals surface area contributed by atoms with Crippen LogP contribution in [0.1, 0.15) is 25.0 Å². The van der Waals surface area contributed by atoms with Gasteiger partial charge in [-0.1, -0.05) is 36.2 Å². The van der Waals surface area contributed by atoms with E-state index in [0.717, 1.165) is 31.7 Å². The second-order valence-corrected chi connectivity index (χ2v) is 5.16. The van der Waals surface area contributed by atoms with Crippen molar-refractivity contribution in [1.82, 2.24) is 5.32 Å². The highest BCUT2D eigenvalue weighted by Gasteiger charge is 2.30. The van der Waals surface area contributed by atoms with Crippen molar-refractivity contribution >= 4 is 23.2 Å². The van der Waals surface area contributed by atoms with Crippen LogP contribution in [0.5, 0.6) is 0 Å². The van der Waals surface area contributed by atoms with Gasteiger partial charge in [0.2, 0.25) is 0 Å². The average molecular weight is 274 g/mol. The van der Waals surface area contributed by atoms with Crippen LogP contribution in [0.15, 0.2) is 18.2 Å². The van der Waals surface area contributed by atoms with Crippen LogP contribution in [0.2, 0.25) is 10.0 Å². The predicted octanol–water partition coefficient (Wildman–Crippen LogP) is 3.68. The van der Waals surface area contributed by atoms with Crippen molar-refractivity contribution in [3.05, 3.63) is 33.8 Å². The topological polar surface area (TPSA) is 21.3 Å². The van der Waals surface area contributed by atoms with Crippen LogP contribution < -0.4 is 5.32 Å². The first-order chi connectivity index (χ1) is 8.22. The van der Waals surface area contributed by atoms with Crippen LogP contribution in [-0.2, 0) is 4.74 Å². The molecule has 94 valence electrons. The van der Waals surface area contributed by atoms with E-state index in [2.05, 4.69) is 12.2 Å². The maximum absolute atomic E-state index is 6.22. The van der Waals surface area contributed by atoms with Crippen molar-refractivity contribution in [2.75, 3.05) is 19.7 Å². The molecule has 2 nitrogen and oxygen atoms in total. The van der Waals surface area contributed by atoms with Crippen molar-refractivity contribution in [3.63, 3.8) is 0 Å². The quantitative estimate of drug-likeness (QED) is 0.904. The minimum absolute atomic E-state index is 0.0961. The molecule has 1 aliphatic heterocycles. The van der Waals surface area contributed by atoms with Crippen molar-refractivity contribution < 1.29 is 4.74 Å². The summed E-state index contributed by atoms with van der Waals surface area (Å²) < 4.78 is 5.80. The molecule has 0 spiro atoms. The van der Waals surface area contributed by atoms with Crippen LogP contribution in [-0.4, -0.2) is 19.7 Å². The van der Waals surface area contributed by atoms with E-state index in [-0.39, 0.29) is 6.10 Å². The fraction of sp³-hybridized carbons (Fsp3) is 0.538. The molecule has 0 bridgehead atoms. The van der Waals surface area contributed by atoms with Crippen molar-refractivity contribution in [2.24, 2.45) is 5.92 Å². The van der Waals surface area contributed by atoms with Crippen molar-refractivity contribution in [2.45, 2.75) is 19.4 Å². The summed E-state index contributed by atoms with van der Waals surface area (Å²) in [6.45, 7) is 4.87. The van der Waals surface area contributed by atoms with Crippen molar-refractivity contribution in [1.29, 1.82) is 0 Å². The number of rotatable bonds is 4. The molecule has 1 aliphatic rings. The zero-order valence-electron chi connectivity index (χ0n) is 9.88. The third kappa shape index (κ3) is 3.14. The van der Waals surface area contributed by atoms with E-state index >= 15 is 0 Å². The van der Waals surface area contributed by atoms with Gasteiger partial charge in [0.15, 0.2) is 0 Å². The molecule has 17 heavy (non-hydrogen) atoms. The Balaban J connectivity index is 2.14. The van der Waals surface area contributed by atoms with E-state index in [0.29, 0.717) is 16.0 Å². The summed E-state index contributed by atoms with van der Waals surface area (Å²) in [5.74, 6) is 0.494. The first kappa shape index (κ1) is 13.2. The van der Waals surface area contributed by atoms with E-state index in [1.807, 2.05) is 12.1 Å². The lowest BCUT2D eigenvalue weighted by Gasteiger charge is -2.20. The molecule has 2 rings (SSSR count). The first-order valence-corrected chi connectivity index (χ1v) is 6.75. The Morgan fingerprint density at radius 3 is 2.94 bits per heavy atom. The molecular formula is C13H17Cl2NO. The summed E-state index contributed by atoms with van der Waals surface area (Å²) in [5, 5.41) is 4.74. The third-order valence-electron chi connectivity index (χ3n) is 3.14. The van der Waals surface area contributed by atoms with Gasteiger partial charge in [-0.05, 0) is 30.7 Å². The van der Waals surface area contributed by atoms with Crippen LogP contribution in [0, 0.1) is 5.92 Å². The first-order valence-electron chi connectivity index (χ1n) is 5.99. The molecular weight excluding hydrogens is 257 g/mol. The largest absolute Gasteiger partial charge is 0.373 e. The van der Waals surface area contributed by atoms with Gasteiger partial charge in [0, 0.05) is 29.1 Å². The average Bonchev–Trinajstić information content (AvgIpc) is 2.74. The molecule has 2 atom stereocenters. The van der Waals surface area contributed by atoms with Crippen molar-refractivity contribution in [3.8, 4) is 0 Å². The van der Waals surface area contributed by atoms with Gasteiger partial charge in [-0.15, -0.1) is 0 Å². The van der Waals surface area contributed by atoms with Gasteiger partial charge in [-0.3, -0.25) is 0 Å². The van der Waals surface area contributed by atoms with E-state index < -0.39 is 0 Å². The standard InChI is InChI=1S/C13H17Cl2NO/c1-2-16-8-9-5-6-17-13(9)11-4-3-10(14)7-12(11)15/h3-4,7,9,13,16H,2,5-6,8H2,1H3. The zero-order valence-corrected chi connectivity index (χ0v) is 11.4. The lowest BCUT2D eigenvalue weighted by molar-refractivity contribution is 0.0907. The number of hydrogen-bond donors (Lipinski definition) is 1. The molecule has 4 heteroatoms. The Morgan fingerprint density at radius 1 is 1.41 bits per heavy atom. The Kier molecular flexibility index (Phi) is 4.69. The van der Waals surface area contributed by atoms with Crippen LogP contribution >= 0.6 is 23.2 Å². The van der Waals surface area contributed by atoms with Crippen LogP contribution in [0.3, 0.4) is 0 Å². The second kappa shape index (κ2) is 6.05. The molecule has 2 unspecified atom stereocenters.